The molecule has 102 valence electrons. The molecule has 0 spiro atoms. The van der Waals surface area contributed by atoms with Crippen LogP contribution in [0, 0.1) is 0 Å². The summed E-state index contributed by atoms with van der Waals surface area (Å²) >= 11 is 0. The van der Waals surface area contributed by atoms with Crippen molar-refractivity contribution >= 4 is 12.0 Å². The summed E-state index contributed by atoms with van der Waals surface area (Å²) in [6, 6.07) is 15.6. The van der Waals surface area contributed by atoms with Gasteiger partial charge in [-0.3, -0.25) is 0 Å². The molecule has 0 atom stereocenters. The van der Waals surface area contributed by atoms with Crippen LogP contribution in [0.4, 0.5) is 0 Å². The smallest absolute Gasteiger partial charge is 0.542 e. The van der Waals surface area contributed by atoms with Crippen molar-refractivity contribution in [1.82, 2.24) is 0 Å². The third-order valence-corrected chi connectivity index (χ3v) is 2.59. The number of methoxy groups -OCH3 is 1. The van der Waals surface area contributed by atoms with Gasteiger partial charge in [-0.05, 0) is 35.9 Å². The molecule has 0 unspecified atom stereocenters. The minimum absolute atomic E-state index is 0. The molecule has 21 heavy (non-hydrogen) atoms. The van der Waals surface area contributed by atoms with E-state index in [0.29, 0.717) is 17.1 Å². The van der Waals surface area contributed by atoms with Crippen LogP contribution in [0.2, 0.25) is 0 Å². The summed E-state index contributed by atoms with van der Waals surface area (Å²) in [7, 11) is 1.57. The van der Waals surface area contributed by atoms with Gasteiger partial charge in [0.2, 0.25) is 0 Å². The number of aliphatic carboxylic acids is 1. The van der Waals surface area contributed by atoms with Crippen LogP contribution < -0.4 is 44.1 Å². The monoisotopic (exact) mass is 292 g/mol. The molecule has 0 saturated heterocycles. The molecule has 0 N–H and O–H groups in total. The van der Waals surface area contributed by atoms with Gasteiger partial charge >= 0.3 is 29.6 Å². The quantitative estimate of drug-likeness (QED) is 0.397. The molecular formula is C16H13NaO4. The molecule has 0 bridgehead atoms. The number of hydrogen-bond donors (Lipinski definition) is 0. The van der Waals surface area contributed by atoms with Gasteiger partial charge in [0.1, 0.15) is 17.5 Å². The van der Waals surface area contributed by atoms with Gasteiger partial charge in [-0.1, -0.05) is 30.3 Å². The second kappa shape index (κ2) is 8.52. The third kappa shape index (κ3) is 5.27. The van der Waals surface area contributed by atoms with Crippen molar-refractivity contribution < 1.29 is 48.9 Å². The molecule has 4 nitrogen and oxygen atoms in total. The predicted octanol–water partition coefficient (Wildman–Crippen LogP) is -1.13. The maximum atomic E-state index is 11.1. The van der Waals surface area contributed by atoms with Gasteiger partial charge in [0, 0.05) is 0 Å². The van der Waals surface area contributed by atoms with E-state index in [0.717, 1.165) is 0 Å². The maximum absolute atomic E-state index is 11.1. The summed E-state index contributed by atoms with van der Waals surface area (Å²) in [5.41, 5.74) is 0.681. The second-order valence-corrected chi connectivity index (χ2v) is 3.98. The van der Waals surface area contributed by atoms with Gasteiger partial charge in [0.25, 0.3) is 0 Å². The zero-order valence-electron chi connectivity index (χ0n) is 11.9. The number of para-hydroxylation sites is 1. The number of carbonyl (C=O) groups is 1. The zero-order chi connectivity index (χ0) is 14.4. The van der Waals surface area contributed by atoms with Gasteiger partial charge in [-0.25, -0.2) is 0 Å². The molecular weight excluding hydrogens is 279 g/mol. The second-order valence-electron chi connectivity index (χ2n) is 3.98. The van der Waals surface area contributed by atoms with Gasteiger partial charge in [0.15, 0.2) is 5.76 Å². The molecule has 0 aromatic heterocycles. The van der Waals surface area contributed by atoms with Crippen LogP contribution in [0.25, 0.3) is 6.08 Å². The number of rotatable bonds is 5. The van der Waals surface area contributed by atoms with E-state index < -0.39 is 5.97 Å². The van der Waals surface area contributed by atoms with E-state index in [4.69, 9.17) is 9.47 Å². The van der Waals surface area contributed by atoms with Gasteiger partial charge in [0.05, 0.1) is 7.11 Å². The van der Waals surface area contributed by atoms with E-state index in [1.807, 2.05) is 6.07 Å². The summed E-state index contributed by atoms with van der Waals surface area (Å²) in [6.45, 7) is 0. The van der Waals surface area contributed by atoms with Crippen molar-refractivity contribution in [1.29, 1.82) is 0 Å². The first-order valence-electron chi connectivity index (χ1n) is 5.99. The van der Waals surface area contributed by atoms with Crippen LogP contribution in [-0.4, -0.2) is 13.1 Å². The summed E-state index contributed by atoms with van der Waals surface area (Å²) in [5, 5.41) is 11.1. The summed E-state index contributed by atoms with van der Waals surface area (Å²) in [5.74, 6) is -0.483. The molecule has 2 aromatic rings. The van der Waals surface area contributed by atoms with E-state index in [-0.39, 0.29) is 35.3 Å². The molecule has 0 heterocycles. The molecule has 2 rings (SSSR count). The Kier molecular flexibility index (Phi) is 7.02. The molecule has 0 fully saturated rings. The average Bonchev–Trinajstić information content (AvgIpc) is 2.48. The Bertz CT molecular complexity index is 606. The molecule has 0 aliphatic rings. The van der Waals surface area contributed by atoms with E-state index in [1.165, 1.54) is 6.08 Å². The Morgan fingerprint density at radius 2 is 1.62 bits per heavy atom. The Morgan fingerprint density at radius 3 is 2.14 bits per heavy atom. The molecule has 0 saturated carbocycles. The van der Waals surface area contributed by atoms with Crippen LogP contribution in [0.3, 0.4) is 0 Å². The number of carbonyl (C=O) groups excluding carboxylic acids is 1. The van der Waals surface area contributed by atoms with Gasteiger partial charge < -0.3 is 19.4 Å². The fraction of sp³-hybridized carbons (Fsp3) is 0.0625. The first-order chi connectivity index (χ1) is 9.69. The maximum Gasteiger partial charge on any atom is 1.00 e. The number of ether oxygens (including phenoxy) is 2. The van der Waals surface area contributed by atoms with E-state index in [2.05, 4.69) is 0 Å². The van der Waals surface area contributed by atoms with Gasteiger partial charge in [-0.2, -0.15) is 0 Å². The minimum atomic E-state index is -1.37. The molecule has 0 radical (unpaired) electrons. The Morgan fingerprint density at radius 1 is 1.00 bits per heavy atom. The van der Waals surface area contributed by atoms with Crippen LogP contribution >= 0.6 is 0 Å². The molecule has 0 amide bonds. The van der Waals surface area contributed by atoms with Crippen molar-refractivity contribution in [2.75, 3.05) is 7.11 Å². The normalized spacial score (nSPS) is 10.4. The van der Waals surface area contributed by atoms with Crippen molar-refractivity contribution in [3.8, 4) is 11.5 Å². The largest absolute Gasteiger partial charge is 1.00 e. The topological polar surface area (TPSA) is 58.6 Å². The third-order valence-electron chi connectivity index (χ3n) is 2.59. The van der Waals surface area contributed by atoms with Crippen molar-refractivity contribution in [2.45, 2.75) is 0 Å². The van der Waals surface area contributed by atoms with Crippen molar-refractivity contribution in [3.63, 3.8) is 0 Å². The number of carboxylic acid groups (broad SMARTS) is 1. The zero-order valence-corrected chi connectivity index (χ0v) is 13.9. The Hall–Kier alpha value is -1.75. The van der Waals surface area contributed by atoms with Gasteiger partial charge in [-0.15, -0.1) is 0 Å². The SMILES string of the molecule is COc1ccc(C=C(Oc2ccccc2)C(=O)[O-])cc1.[Na+]. The van der Waals surface area contributed by atoms with E-state index in [1.54, 1.807) is 55.6 Å². The van der Waals surface area contributed by atoms with Crippen LogP contribution in [0.15, 0.2) is 60.4 Å². The fourth-order valence-corrected chi connectivity index (χ4v) is 1.60. The summed E-state index contributed by atoms with van der Waals surface area (Å²) < 4.78 is 10.3. The Labute approximate surface area is 145 Å². The molecule has 0 aliphatic heterocycles. The number of carboxylic acids is 1. The van der Waals surface area contributed by atoms with E-state index >= 15 is 0 Å². The average molecular weight is 292 g/mol. The van der Waals surface area contributed by atoms with Crippen LogP contribution in [0.5, 0.6) is 11.5 Å². The van der Waals surface area contributed by atoms with E-state index in [9.17, 15) is 9.90 Å². The first kappa shape index (κ1) is 17.3. The van der Waals surface area contributed by atoms with Crippen LogP contribution in [-0.2, 0) is 4.79 Å². The first-order valence-corrected chi connectivity index (χ1v) is 5.99. The molecule has 2 aromatic carbocycles. The Balaban J connectivity index is 0.00000220. The van der Waals surface area contributed by atoms with Crippen molar-refractivity contribution in [2.24, 2.45) is 0 Å². The predicted molar refractivity (Wildman–Crippen MR) is 73.0 cm³/mol. The number of benzene rings is 2. The summed E-state index contributed by atoms with van der Waals surface area (Å²) in [4.78, 5) is 11.1. The molecule has 5 heteroatoms. The number of hydrogen-bond acceptors (Lipinski definition) is 4. The fourth-order valence-electron chi connectivity index (χ4n) is 1.60. The van der Waals surface area contributed by atoms with Crippen molar-refractivity contribution in [3.05, 3.63) is 65.9 Å². The minimum Gasteiger partial charge on any atom is -0.542 e. The standard InChI is InChI=1S/C16H14O4.Na/c1-19-13-9-7-12(8-10-13)11-15(16(17)18)20-14-5-3-2-4-6-14;/h2-11H,1H3,(H,17,18);/q;+1/p-1. The molecule has 0 aliphatic carbocycles. The summed E-state index contributed by atoms with van der Waals surface area (Å²) in [6.07, 6.45) is 1.40. The van der Waals surface area contributed by atoms with Crippen LogP contribution in [0.1, 0.15) is 5.56 Å².